The van der Waals surface area contributed by atoms with E-state index in [1.54, 1.807) is 12.3 Å². The van der Waals surface area contributed by atoms with Gasteiger partial charge in [-0.2, -0.15) is 20.0 Å². The van der Waals surface area contributed by atoms with Crippen molar-refractivity contribution in [3.05, 3.63) is 58.5 Å². The average molecular weight is 350 g/mol. The van der Waals surface area contributed by atoms with Gasteiger partial charge in [0.25, 0.3) is 0 Å². The third-order valence-corrected chi connectivity index (χ3v) is 4.10. The molecule has 0 bridgehead atoms. The van der Waals surface area contributed by atoms with Crippen LogP contribution in [0.4, 0.5) is 0 Å². The molecule has 2 heterocycles. The van der Waals surface area contributed by atoms with Crippen LogP contribution in [0.1, 0.15) is 11.3 Å². The Morgan fingerprint density at radius 1 is 1.16 bits per heavy atom. The van der Waals surface area contributed by atoms with Gasteiger partial charge in [0.1, 0.15) is 11.4 Å². The number of nitrogens with one attached hydrogen (secondary N) is 2. The van der Waals surface area contributed by atoms with E-state index >= 15 is 0 Å². The first kappa shape index (κ1) is 15.3. The van der Waals surface area contributed by atoms with Crippen LogP contribution >= 0.6 is 12.2 Å². The summed E-state index contributed by atoms with van der Waals surface area (Å²) >= 11 is 5.25. The molecular weight excluding hydrogens is 336 g/mol. The topological polar surface area (TPSA) is 94.9 Å². The molecule has 124 valence electrons. The number of aromatic hydroxyl groups is 1. The first-order chi connectivity index (χ1) is 12.1. The van der Waals surface area contributed by atoms with Gasteiger partial charge in [0.2, 0.25) is 10.6 Å². The Kier molecular flexibility index (Phi) is 3.66. The van der Waals surface area contributed by atoms with Gasteiger partial charge < -0.3 is 5.11 Å². The smallest absolute Gasteiger partial charge is 0.216 e. The molecule has 0 atom stereocenters. The van der Waals surface area contributed by atoms with Crippen LogP contribution < -0.4 is 0 Å². The maximum Gasteiger partial charge on any atom is 0.216 e. The number of H-pyrrole nitrogens is 2. The first-order valence-corrected chi connectivity index (χ1v) is 7.99. The Balaban J connectivity index is 1.83. The number of aromatic nitrogens is 5. The third-order valence-electron chi connectivity index (χ3n) is 3.84. The fourth-order valence-electron chi connectivity index (χ4n) is 2.63. The highest BCUT2D eigenvalue weighted by Crippen LogP contribution is 2.25. The van der Waals surface area contributed by atoms with Gasteiger partial charge in [-0.3, -0.25) is 5.10 Å². The Bertz CT molecular complexity index is 1150. The summed E-state index contributed by atoms with van der Waals surface area (Å²) in [6, 6.07) is 13.1. The van der Waals surface area contributed by atoms with Crippen LogP contribution in [-0.4, -0.2) is 36.4 Å². The summed E-state index contributed by atoms with van der Waals surface area (Å²) in [7, 11) is 0. The Labute approximate surface area is 147 Å². The number of benzene rings is 2. The molecule has 0 saturated heterocycles. The van der Waals surface area contributed by atoms with E-state index in [0.29, 0.717) is 21.9 Å². The van der Waals surface area contributed by atoms with Crippen molar-refractivity contribution in [2.24, 2.45) is 5.10 Å². The molecule has 8 heteroatoms. The van der Waals surface area contributed by atoms with Gasteiger partial charge in [0.05, 0.1) is 6.21 Å². The zero-order chi connectivity index (χ0) is 17.4. The van der Waals surface area contributed by atoms with Crippen molar-refractivity contribution in [2.45, 2.75) is 6.92 Å². The predicted octanol–water partition coefficient (Wildman–Crippen LogP) is 3.38. The zero-order valence-electron chi connectivity index (χ0n) is 13.3. The summed E-state index contributed by atoms with van der Waals surface area (Å²) in [4.78, 5) is 0. The van der Waals surface area contributed by atoms with Crippen LogP contribution in [0.15, 0.2) is 47.6 Å². The van der Waals surface area contributed by atoms with Crippen LogP contribution in [0.5, 0.6) is 5.75 Å². The van der Waals surface area contributed by atoms with E-state index in [-0.39, 0.29) is 5.75 Å². The molecule has 3 N–H and O–H groups in total. The summed E-state index contributed by atoms with van der Waals surface area (Å²) < 4.78 is 1.82. The average Bonchev–Trinajstić information content (AvgIpc) is 3.20. The lowest BCUT2D eigenvalue weighted by atomic mass is 10.0. The molecule has 0 aliphatic rings. The predicted molar refractivity (Wildman–Crippen MR) is 98.3 cm³/mol. The number of hydrogen-bond donors (Lipinski definition) is 3. The molecule has 2 aromatic heterocycles. The van der Waals surface area contributed by atoms with Gasteiger partial charge in [0, 0.05) is 11.3 Å². The van der Waals surface area contributed by atoms with Crippen molar-refractivity contribution in [1.29, 1.82) is 0 Å². The van der Waals surface area contributed by atoms with Crippen molar-refractivity contribution < 1.29 is 5.11 Å². The SMILES string of the molecule is Cc1cc(-c2n[nH]c(=S)n2N=Cc2c(O)ccc3ccccc23)n[nH]1. The number of hydrogen-bond acceptors (Lipinski definition) is 5. The van der Waals surface area contributed by atoms with E-state index < -0.39 is 0 Å². The molecule has 7 nitrogen and oxygen atoms in total. The van der Waals surface area contributed by atoms with Crippen LogP contribution in [0.25, 0.3) is 22.3 Å². The monoisotopic (exact) mass is 350 g/mol. The van der Waals surface area contributed by atoms with E-state index in [0.717, 1.165) is 16.5 Å². The van der Waals surface area contributed by atoms with E-state index in [4.69, 9.17) is 12.2 Å². The van der Waals surface area contributed by atoms with Crippen molar-refractivity contribution >= 4 is 29.2 Å². The van der Waals surface area contributed by atoms with E-state index in [2.05, 4.69) is 25.5 Å². The Morgan fingerprint density at radius 3 is 2.80 bits per heavy atom. The molecule has 0 radical (unpaired) electrons. The minimum absolute atomic E-state index is 0.148. The maximum absolute atomic E-state index is 10.2. The zero-order valence-corrected chi connectivity index (χ0v) is 14.1. The van der Waals surface area contributed by atoms with Crippen LogP contribution in [0.3, 0.4) is 0 Å². The fourth-order valence-corrected chi connectivity index (χ4v) is 2.81. The quantitative estimate of drug-likeness (QED) is 0.390. The molecule has 0 saturated carbocycles. The van der Waals surface area contributed by atoms with Crippen LogP contribution in [0.2, 0.25) is 0 Å². The maximum atomic E-state index is 10.2. The number of rotatable bonds is 3. The van der Waals surface area contributed by atoms with Crippen LogP contribution in [-0.2, 0) is 0 Å². The van der Waals surface area contributed by atoms with E-state index in [1.807, 2.05) is 43.3 Å². The Hall–Kier alpha value is -3.26. The highest BCUT2D eigenvalue weighted by Gasteiger charge is 2.11. The number of aryl methyl sites for hydroxylation is 1. The highest BCUT2D eigenvalue weighted by molar-refractivity contribution is 7.71. The second-order valence-electron chi connectivity index (χ2n) is 5.56. The number of aromatic amines is 2. The standard InChI is InChI=1S/C17H14N6OS/c1-10-8-14(20-19-10)16-21-22-17(25)23(16)18-9-13-12-5-3-2-4-11(12)6-7-15(13)24/h2-9,24H,1H3,(H,19,20)(H,22,25). The summed E-state index contributed by atoms with van der Waals surface area (Å²) in [5.74, 6) is 0.639. The van der Waals surface area contributed by atoms with Crippen molar-refractivity contribution in [2.75, 3.05) is 0 Å². The summed E-state index contributed by atoms with van der Waals surface area (Å²) in [6.45, 7) is 1.90. The molecule has 4 rings (SSSR count). The molecule has 0 aliphatic carbocycles. The number of fused-ring (bicyclic) bond motifs is 1. The number of nitrogens with zero attached hydrogens (tertiary/aromatic N) is 4. The van der Waals surface area contributed by atoms with Crippen LogP contribution in [0, 0.1) is 11.7 Å². The van der Waals surface area contributed by atoms with Gasteiger partial charge in [-0.1, -0.05) is 30.3 Å². The van der Waals surface area contributed by atoms with Gasteiger partial charge in [-0.25, -0.2) is 5.10 Å². The summed E-state index contributed by atoms with van der Waals surface area (Å²) in [6.07, 6.45) is 1.58. The molecule has 25 heavy (non-hydrogen) atoms. The molecular formula is C17H14N6OS. The molecule has 0 spiro atoms. The minimum Gasteiger partial charge on any atom is -0.507 e. The fraction of sp³-hybridized carbons (Fsp3) is 0.0588. The van der Waals surface area contributed by atoms with Crippen molar-refractivity contribution in [1.82, 2.24) is 25.1 Å². The molecule has 0 aliphatic heterocycles. The highest BCUT2D eigenvalue weighted by atomic mass is 32.1. The lowest BCUT2D eigenvalue weighted by molar-refractivity contribution is 0.475. The second kappa shape index (κ2) is 5.99. The van der Waals surface area contributed by atoms with Crippen molar-refractivity contribution in [3.8, 4) is 17.3 Å². The van der Waals surface area contributed by atoms with E-state index in [9.17, 15) is 5.11 Å². The lowest BCUT2D eigenvalue weighted by Crippen LogP contribution is -1.96. The molecule has 2 aromatic carbocycles. The normalized spacial score (nSPS) is 11.6. The molecule has 0 fully saturated rings. The molecule has 0 unspecified atom stereocenters. The summed E-state index contributed by atoms with van der Waals surface area (Å²) in [5.41, 5.74) is 2.15. The second-order valence-corrected chi connectivity index (χ2v) is 5.95. The van der Waals surface area contributed by atoms with E-state index in [1.165, 1.54) is 4.68 Å². The molecule has 0 amide bonds. The van der Waals surface area contributed by atoms with Crippen molar-refractivity contribution in [3.63, 3.8) is 0 Å². The number of phenols is 1. The number of phenolic OH excluding ortho intramolecular Hbond substituents is 1. The van der Waals surface area contributed by atoms with Gasteiger partial charge in [0.15, 0.2) is 0 Å². The van der Waals surface area contributed by atoms with Gasteiger partial charge in [-0.15, -0.1) is 0 Å². The summed E-state index contributed by atoms with van der Waals surface area (Å²) in [5, 5.41) is 30.5. The Morgan fingerprint density at radius 2 is 2.00 bits per heavy atom. The minimum atomic E-state index is 0.148. The van der Waals surface area contributed by atoms with Gasteiger partial charge >= 0.3 is 0 Å². The first-order valence-electron chi connectivity index (χ1n) is 7.58. The third kappa shape index (κ3) is 2.72. The largest absolute Gasteiger partial charge is 0.507 e. The molecule has 4 aromatic rings. The lowest BCUT2D eigenvalue weighted by Gasteiger charge is -2.04. The van der Waals surface area contributed by atoms with Gasteiger partial charge in [-0.05, 0) is 42.0 Å².